The minimum absolute atomic E-state index is 0.0573. The van der Waals surface area contributed by atoms with Crippen LogP contribution in [0.15, 0.2) is 60.0 Å². The van der Waals surface area contributed by atoms with Crippen LogP contribution in [0.4, 0.5) is 0 Å². The van der Waals surface area contributed by atoms with Crippen LogP contribution in [0.5, 0.6) is 0 Å². The molecular formula is C22H20Cl2N4O. The fourth-order valence-corrected chi connectivity index (χ4v) is 5.24. The molecule has 4 heterocycles. The van der Waals surface area contributed by atoms with Crippen molar-refractivity contribution in [2.75, 3.05) is 0 Å². The van der Waals surface area contributed by atoms with Crippen LogP contribution in [0.2, 0.25) is 10.0 Å². The summed E-state index contributed by atoms with van der Waals surface area (Å²) in [7, 11) is 0. The molecule has 2 bridgehead atoms. The summed E-state index contributed by atoms with van der Waals surface area (Å²) in [5.74, 6) is 1.49. The SMILES string of the molecule is C=CN1C2CC[C@@H]1[C@H](c1nc(-c3cccnc3)no1)[C@@H](c1ccc(Cl)c(Cl)c1)C2. The highest BCUT2D eigenvalue weighted by molar-refractivity contribution is 6.42. The van der Waals surface area contributed by atoms with E-state index in [-0.39, 0.29) is 17.9 Å². The molecule has 3 aromatic rings. The average molecular weight is 427 g/mol. The summed E-state index contributed by atoms with van der Waals surface area (Å²) in [4.78, 5) is 11.3. The molecule has 2 fully saturated rings. The molecule has 0 radical (unpaired) electrons. The van der Waals surface area contributed by atoms with Gasteiger partial charge in [0.15, 0.2) is 0 Å². The monoisotopic (exact) mass is 426 g/mol. The molecule has 1 aromatic carbocycles. The number of hydrogen-bond donors (Lipinski definition) is 0. The van der Waals surface area contributed by atoms with Crippen LogP contribution in [-0.4, -0.2) is 32.1 Å². The van der Waals surface area contributed by atoms with Gasteiger partial charge in [-0.2, -0.15) is 4.98 Å². The molecule has 2 aromatic heterocycles. The molecule has 2 saturated heterocycles. The number of benzene rings is 1. The number of rotatable bonds is 4. The van der Waals surface area contributed by atoms with E-state index in [1.807, 2.05) is 30.5 Å². The third-order valence-electron chi connectivity index (χ3n) is 6.20. The van der Waals surface area contributed by atoms with E-state index < -0.39 is 0 Å². The van der Waals surface area contributed by atoms with E-state index in [9.17, 15) is 0 Å². The Morgan fingerprint density at radius 1 is 1.17 bits per heavy atom. The highest BCUT2D eigenvalue weighted by Gasteiger charge is 2.49. The van der Waals surface area contributed by atoms with Crippen LogP contribution in [0.1, 0.15) is 42.6 Å². The van der Waals surface area contributed by atoms with Crippen LogP contribution in [0, 0.1) is 0 Å². The van der Waals surface area contributed by atoms with Crippen LogP contribution in [-0.2, 0) is 0 Å². The predicted molar refractivity (Wildman–Crippen MR) is 113 cm³/mol. The minimum Gasteiger partial charge on any atom is -0.371 e. The Morgan fingerprint density at radius 2 is 2.07 bits per heavy atom. The van der Waals surface area contributed by atoms with Crippen molar-refractivity contribution >= 4 is 23.2 Å². The van der Waals surface area contributed by atoms with Gasteiger partial charge < -0.3 is 9.42 Å². The van der Waals surface area contributed by atoms with Gasteiger partial charge in [-0.1, -0.05) is 41.0 Å². The van der Waals surface area contributed by atoms with Crippen LogP contribution in [0.25, 0.3) is 11.4 Å². The van der Waals surface area contributed by atoms with Crippen molar-refractivity contribution in [2.45, 2.75) is 43.2 Å². The highest BCUT2D eigenvalue weighted by atomic mass is 35.5. The van der Waals surface area contributed by atoms with Gasteiger partial charge in [0.1, 0.15) is 0 Å². The number of halogens is 2. The maximum Gasteiger partial charge on any atom is 0.232 e. The smallest absolute Gasteiger partial charge is 0.232 e. The fraction of sp³-hybridized carbons (Fsp3) is 0.318. The van der Waals surface area contributed by atoms with Gasteiger partial charge >= 0.3 is 0 Å². The zero-order chi connectivity index (χ0) is 20.0. The maximum atomic E-state index is 6.34. The Bertz CT molecular complexity index is 1040. The van der Waals surface area contributed by atoms with Gasteiger partial charge in [0, 0.05) is 30.0 Å². The Hall–Kier alpha value is -2.37. The number of piperidine rings is 1. The first kappa shape index (κ1) is 18.6. The summed E-state index contributed by atoms with van der Waals surface area (Å²) in [6.45, 7) is 4.04. The lowest BCUT2D eigenvalue weighted by atomic mass is 9.76. The second kappa shape index (κ2) is 7.47. The lowest BCUT2D eigenvalue weighted by Crippen LogP contribution is -2.43. The van der Waals surface area contributed by atoms with Gasteiger partial charge in [-0.05, 0) is 61.2 Å². The third kappa shape index (κ3) is 3.22. The maximum absolute atomic E-state index is 6.34. The Labute approximate surface area is 179 Å². The van der Waals surface area contributed by atoms with Crippen molar-refractivity contribution in [3.63, 3.8) is 0 Å². The number of nitrogens with zero attached hydrogens (tertiary/aromatic N) is 4. The van der Waals surface area contributed by atoms with Crippen molar-refractivity contribution < 1.29 is 4.52 Å². The van der Waals surface area contributed by atoms with Gasteiger partial charge in [0.25, 0.3) is 0 Å². The molecule has 2 aliphatic heterocycles. The second-order valence-corrected chi connectivity index (χ2v) is 8.48. The third-order valence-corrected chi connectivity index (χ3v) is 6.94. The first-order valence-corrected chi connectivity index (χ1v) is 10.5. The summed E-state index contributed by atoms with van der Waals surface area (Å²) < 4.78 is 5.80. The first-order valence-electron chi connectivity index (χ1n) is 9.74. The number of fused-ring (bicyclic) bond motifs is 2. The molecule has 0 saturated carbocycles. The van der Waals surface area contributed by atoms with E-state index in [4.69, 9.17) is 32.7 Å². The highest BCUT2D eigenvalue weighted by Crippen LogP contribution is 2.51. The quantitative estimate of drug-likeness (QED) is 0.536. The van der Waals surface area contributed by atoms with Crippen LogP contribution < -0.4 is 0 Å². The molecule has 1 unspecified atom stereocenters. The van der Waals surface area contributed by atoms with E-state index >= 15 is 0 Å². The van der Waals surface area contributed by atoms with Gasteiger partial charge in [0.05, 0.1) is 16.0 Å². The average Bonchev–Trinajstić information content (AvgIpc) is 3.34. The van der Waals surface area contributed by atoms with Gasteiger partial charge in [-0.3, -0.25) is 4.98 Å². The summed E-state index contributed by atoms with van der Waals surface area (Å²) in [5, 5.41) is 5.37. The molecule has 7 heteroatoms. The Balaban J connectivity index is 1.57. The van der Waals surface area contributed by atoms with Gasteiger partial charge in [-0.25, -0.2) is 0 Å². The Morgan fingerprint density at radius 3 is 2.83 bits per heavy atom. The van der Waals surface area contributed by atoms with Gasteiger partial charge in [-0.15, -0.1) is 0 Å². The molecule has 2 aliphatic rings. The Kier molecular flexibility index (Phi) is 4.80. The molecule has 0 spiro atoms. The number of pyridine rings is 1. The number of hydrogen-bond acceptors (Lipinski definition) is 5. The molecule has 29 heavy (non-hydrogen) atoms. The fourth-order valence-electron chi connectivity index (χ4n) is 4.94. The summed E-state index contributed by atoms with van der Waals surface area (Å²) in [6, 6.07) is 10.4. The van der Waals surface area contributed by atoms with E-state index in [1.165, 1.54) is 0 Å². The van der Waals surface area contributed by atoms with Crippen molar-refractivity contribution in [1.82, 2.24) is 20.0 Å². The lowest BCUT2D eigenvalue weighted by Gasteiger charge is -2.43. The largest absolute Gasteiger partial charge is 0.371 e. The van der Waals surface area contributed by atoms with Crippen molar-refractivity contribution in [1.29, 1.82) is 0 Å². The van der Waals surface area contributed by atoms with Crippen LogP contribution in [0.3, 0.4) is 0 Å². The zero-order valence-electron chi connectivity index (χ0n) is 15.7. The second-order valence-electron chi connectivity index (χ2n) is 7.67. The topological polar surface area (TPSA) is 55.1 Å². The molecule has 148 valence electrons. The minimum atomic E-state index is 0.0573. The normalized spacial score (nSPS) is 25.9. The summed E-state index contributed by atoms with van der Waals surface area (Å²) in [5.41, 5.74) is 2.00. The number of aromatic nitrogens is 3. The standard InChI is InChI=1S/C22H20Cl2N4O/c1-2-28-15-6-8-19(28)20(16(11-15)13-5-7-17(23)18(24)10-13)22-26-21(27-29-22)14-4-3-9-25-12-14/h2-5,7,9-10,12,15-16,19-20H,1,6,8,11H2/t15?,16-,19-,20-/m1/s1. The van der Waals surface area contributed by atoms with Crippen molar-refractivity contribution in [3.8, 4) is 11.4 Å². The summed E-state index contributed by atoms with van der Waals surface area (Å²) >= 11 is 12.5. The van der Waals surface area contributed by atoms with Crippen LogP contribution >= 0.6 is 23.2 Å². The van der Waals surface area contributed by atoms with E-state index in [0.717, 1.165) is 30.4 Å². The van der Waals surface area contributed by atoms with E-state index in [1.54, 1.807) is 12.4 Å². The molecule has 0 amide bonds. The lowest BCUT2D eigenvalue weighted by molar-refractivity contribution is 0.140. The van der Waals surface area contributed by atoms with E-state index in [0.29, 0.717) is 27.8 Å². The molecule has 5 nitrogen and oxygen atoms in total. The van der Waals surface area contributed by atoms with Crippen molar-refractivity contribution in [2.24, 2.45) is 0 Å². The zero-order valence-corrected chi connectivity index (χ0v) is 17.2. The molecule has 5 rings (SSSR count). The van der Waals surface area contributed by atoms with Gasteiger partial charge in [0.2, 0.25) is 11.7 Å². The molecular weight excluding hydrogens is 407 g/mol. The van der Waals surface area contributed by atoms with E-state index in [2.05, 4.69) is 27.7 Å². The molecule has 0 N–H and O–H groups in total. The molecule has 4 atom stereocenters. The summed E-state index contributed by atoms with van der Waals surface area (Å²) in [6.07, 6.45) is 8.62. The predicted octanol–water partition coefficient (Wildman–Crippen LogP) is 5.69. The van der Waals surface area contributed by atoms with Crippen molar-refractivity contribution in [3.05, 3.63) is 77.0 Å². The molecule has 0 aliphatic carbocycles. The first-order chi connectivity index (χ1) is 14.2.